The first-order valence-corrected chi connectivity index (χ1v) is 6.10. The lowest BCUT2D eigenvalue weighted by atomic mass is 10.2. The molecule has 0 atom stereocenters. The highest BCUT2D eigenvalue weighted by molar-refractivity contribution is 5.66. The molecule has 2 aromatic rings. The monoisotopic (exact) mass is 258 g/mol. The van der Waals surface area contributed by atoms with Gasteiger partial charge in [-0.3, -0.25) is 0 Å². The Labute approximate surface area is 113 Å². The van der Waals surface area contributed by atoms with E-state index in [2.05, 4.69) is 15.5 Å². The van der Waals surface area contributed by atoms with Crippen LogP contribution < -0.4 is 15.0 Å². The zero-order valence-electron chi connectivity index (χ0n) is 11.4. The maximum atomic E-state index is 5.35. The molecule has 0 amide bonds. The lowest BCUT2D eigenvalue weighted by Gasteiger charge is -2.20. The van der Waals surface area contributed by atoms with Gasteiger partial charge in [0.25, 0.3) is 0 Å². The summed E-state index contributed by atoms with van der Waals surface area (Å²) >= 11 is 0. The van der Waals surface area contributed by atoms with Crippen LogP contribution in [-0.4, -0.2) is 31.4 Å². The van der Waals surface area contributed by atoms with Crippen molar-refractivity contribution in [2.75, 3.05) is 26.1 Å². The van der Waals surface area contributed by atoms with Gasteiger partial charge in [0.2, 0.25) is 0 Å². The number of nitrogens with one attached hydrogen (secondary N) is 1. The summed E-state index contributed by atoms with van der Waals surface area (Å²) in [6, 6.07) is 11.7. The topological polar surface area (TPSA) is 50.3 Å². The Balaban J connectivity index is 2.25. The minimum atomic E-state index is 0.714. The van der Waals surface area contributed by atoms with Crippen molar-refractivity contribution >= 4 is 11.5 Å². The zero-order valence-corrected chi connectivity index (χ0v) is 11.4. The maximum absolute atomic E-state index is 5.35. The van der Waals surface area contributed by atoms with Gasteiger partial charge in [0.1, 0.15) is 5.75 Å². The predicted octanol–water partition coefficient (Wildman–Crippen LogP) is 1.97. The van der Waals surface area contributed by atoms with Crippen LogP contribution >= 0.6 is 0 Å². The van der Waals surface area contributed by atoms with Crippen molar-refractivity contribution in [3.05, 3.63) is 42.1 Å². The average molecular weight is 258 g/mol. The average Bonchev–Trinajstić information content (AvgIpc) is 2.47. The molecular weight excluding hydrogens is 240 g/mol. The van der Waals surface area contributed by atoms with Gasteiger partial charge in [0.05, 0.1) is 18.5 Å². The second kappa shape index (κ2) is 6.15. The fraction of sp³-hybridized carbons (Fsp3) is 0.286. The molecule has 1 aromatic carbocycles. The molecule has 0 saturated heterocycles. The molecule has 5 nitrogen and oxygen atoms in total. The normalized spacial score (nSPS) is 10.3. The van der Waals surface area contributed by atoms with Gasteiger partial charge < -0.3 is 15.0 Å². The van der Waals surface area contributed by atoms with E-state index < -0.39 is 0 Å². The van der Waals surface area contributed by atoms with Crippen molar-refractivity contribution in [3.8, 4) is 5.75 Å². The summed E-state index contributed by atoms with van der Waals surface area (Å²) in [5.74, 6) is 1.59. The molecule has 5 heteroatoms. The van der Waals surface area contributed by atoms with Gasteiger partial charge in [-0.2, -0.15) is 5.10 Å². The lowest BCUT2D eigenvalue weighted by molar-refractivity contribution is 0.415. The van der Waals surface area contributed by atoms with Crippen LogP contribution in [0.5, 0.6) is 5.75 Å². The van der Waals surface area contributed by atoms with Crippen LogP contribution in [0.4, 0.5) is 11.5 Å². The van der Waals surface area contributed by atoms with Crippen molar-refractivity contribution in [2.24, 2.45) is 0 Å². The third kappa shape index (κ3) is 3.00. The van der Waals surface area contributed by atoms with Gasteiger partial charge in [0, 0.05) is 13.6 Å². The molecule has 0 unspecified atom stereocenters. The SMILES string of the molecule is CNCc1ccc(N(C)c2ccccc2OC)nn1. The molecule has 0 spiro atoms. The first-order valence-electron chi connectivity index (χ1n) is 6.10. The number of methoxy groups -OCH3 is 1. The van der Waals surface area contributed by atoms with E-state index in [-0.39, 0.29) is 0 Å². The summed E-state index contributed by atoms with van der Waals surface area (Å²) in [6.45, 7) is 0.714. The van der Waals surface area contributed by atoms with E-state index in [1.54, 1.807) is 7.11 Å². The van der Waals surface area contributed by atoms with Crippen molar-refractivity contribution in [3.63, 3.8) is 0 Å². The number of para-hydroxylation sites is 2. The third-order valence-corrected chi connectivity index (χ3v) is 2.85. The van der Waals surface area contributed by atoms with E-state index in [1.165, 1.54) is 0 Å². The molecule has 0 aliphatic carbocycles. The Kier molecular flexibility index (Phi) is 4.30. The Morgan fingerprint density at radius 3 is 2.58 bits per heavy atom. The van der Waals surface area contributed by atoms with Gasteiger partial charge in [-0.15, -0.1) is 5.10 Å². The van der Waals surface area contributed by atoms with E-state index in [1.807, 2.05) is 55.4 Å². The Bertz CT molecular complexity index is 527. The van der Waals surface area contributed by atoms with E-state index in [0.29, 0.717) is 6.54 Å². The molecule has 0 fully saturated rings. The molecule has 19 heavy (non-hydrogen) atoms. The number of ether oxygens (including phenoxy) is 1. The van der Waals surface area contributed by atoms with Crippen LogP contribution in [0, 0.1) is 0 Å². The highest BCUT2D eigenvalue weighted by atomic mass is 16.5. The van der Waals surface area contributed by atoms with Crippen LogP contribution in [-0.2, 0) is 6.54 Å². The first-order chi connectivity index (χ1) is 9.26. The molecule has 100 valence electrons. The molecule has 0 bridgehead atoms. The fourth-order valence-electron chi connectivity index (χ4n) is 1.84. The zero-order chi connectivity index (χ0) is 13.7. The molecule has 2 rings (SSSR count). The van der Waals surface area contributed by atoms with Crippen LogP contribution in [0.1, 0.15) is 5.69 Å². The van der Waals surface area contributed by atoms with Gasteiger partial charge in [-0.1, -0.05) is 12.1 Å². The molecular formula is C14H18N4O. The lowest BCUT2D eigenvalue weighted by Crippen LogP contribution is -2.14. The Morgan fingerprint density at radius 1 is 1.16 bits per heavy atom. The van der Waals surface area contributed by atoms with Crippen molar-refractivity contribution in [1.82, 2.24) is 15.5 Å². The summed E-state index contributed by atoms with van der Waals surface area (Å²) in [5.41, 5.74) is 1.88. The molecule has 1 N–H and O–H groups in total. The van der Waals surface area contributed by atoms with E-state index >= 15 is 0 Å². The summed E-state index contributed by atoms with van der Waals surface area (Å²) in [7, 11) is 5.49. The van der Waals surface area contributed by atoms with E-state index in [4.69, 9.17) is 4.74 Å². The smallest absolute Gasteiger partial charge is 0.155 e. The molecule has 0 saturated carbocycles. The van der Waals surface area contributed by atoms with Crippen LogP contribution in [0.15, 0.2) is 36.4 Å². The summed E-state index contributed by atoms with van der Waals surface area (Å²) < 4.78 is 5.35. The third-order valence-electron chi connectivity index (χ3n) is 2.85. The Morgan fingerprint density at radius 2 is 1.95 bits per heavy atom. The van der Waals surface area contributed by atoms with Crippen molar-refractivity contribution in [1.29, 1.82) is 0 Å². The maximum Gasteiger partial charge on any atom is 0.155 e. The molecule has 0 aliphatic rings. The molecule has 0 aliphatic heterocycles. The number of aromatic nitrogens is 2. The highest BCUT2D eigenvalue weighted by Crippen LogP contribution is 2.30. The largest absolute Gasteiger partial charge is 0.495 e. The van der Waals surface area contributed by atoms with Crippen LogP contribution in [0.25, 0.3) is 0 Å². The molecule has 1 aromatic heterocycles. The number of anilines is 2. The second-order valence-corrected chi connectivity index (χ2v) is 4.14. The number of nitrogens with zero attached hydrogens (tertiary/aromatic N) is 3. The summed E-state index contributed by atoms with van der Waals surface area (Å²) in [4.78, 5) is 1.95. The number of hydrogen-bond donors (Lipinski definition) is 1. The Hall–Kier alpha value is -2.14. The molecule has 1 heterocycles. The van der Waals surface area contributed by atoms with Crippen LogP contribution in [0.2, 0.25) is 0 Å². The van der Waals surface area contributed by atoms with Gasteiger partial charge in [0.15, 0.2) is 5.82 Å². The van der Waals surface area contributed by atoms with E-state index in [9.17, 15) is 0 Å². The number of benzene rings is 1. The van der Waals surface area contributed by atoms with Crippen LogP contribution in [0.3, 0.4) is 0 Å². The van der Waals surface area contributed by atoms with Crippen molar-refractivity contribution < 1.29 is 4.74 Å². The van der Waals surface area contributed by atoms with E-state index in [0.717, 1.165) is 22.9 Å². The minimum Gasteiger partial charge on any atom is -0.495 e. The quantitative estimate of drug-likeness (QED) is 0.888. The summed E-state index contributed by atoms with van der Waals surface area (Å²) in [6.07, 6.45) is 0. The fourth-order valence-corrected chi connectivity index (χ4v) is 1.84. The standard InChI is InChI=1S/C14H18N4O/c1-15-10-11-8-9-14(17-16-11)18(2)12-6-4-5-7-13(12)19-3/h4-9,15H,10H2,1-3H3. The second-order valence-electron chi connectivity index (χ2n) is 4.14. The van der Waals surface area contributed by atoms with Gasteiger partial charge >= 0.3 is 0 Å². The van der Waals surface area contributed by atoms with Gasteiger partial charge in [-0.05, 0) is 31.3 Å². The number of hydrogen-bond acceptors (Lipinski definition) is 5. The first kappa shape index (κ1) is 13.3. The highest BCUT2D eigenvalue weighted by Gasteiger charge is 2.10. The van der Waals surface area contributed by atoms with Crippen molar-refractivity contribution in [2.45, 2.75) is 6.54 Å². The van der Waals surface area contributed by atoms with Gasteiger partial charge in [-0.25, -0.2) is 0 Å². The summed E-state index contributed by atoms with van der Waals surface area (Å²) in [5, 5.41) is 11.5. The number of rotatable bonds is 5. The predicted molar refractivity (Wildman–Crippen MR) is 75.9 cm³/mol. The molecule has 0 radical (unpaired) electrons. The minimum absolute atomic E-state index is 0.714.